The molecule has 19 heavy (non-hydrogen) atoms. The molecular weight excluding hydrogens is 242 g/mol. The molecule has 0 aliphatic heterocycles. The third kappa shape index (κ3) is 2.03. The van der Waals surface area contributed by atoms with Gasteiger partial charge >= 0.3 is 5.63 Å². The molecule has 5 nitrogen and oxygen atoms in total. The molecule has 0 spiro atoms. The van der Waals surface area contributed by atoms with E-state index < -0.39 is 0 Å². The lowest BCUT2D eigenvalue weighted by Gasteiger charge is -2.03. The van der Waals surface area contributed by atoms with Crippen molar-refractivity contribution >= 4 is 11.1 Å². The molecule has 0 bridgehead atoms. The van der Waals surface area contributed by atoms with E-state index in [0.29, 0.717) is 12.3 Å². The van der Waals surface area contributed by atoms with Crippen molar-refractivity contribution in [1.29, 1.82) is 0 Å². The summed E-state index contributed by atoms with van der Waals surface area (Å²) >= 11 is 0. The molecular formula is C14H13N3O2. The van der Waals surface area contributed by atoms with Gasteiger partial charge in [0.2, 0.25) is 5.71 Å². The summed E-state index contributed by atoms with van der Waals surface area (Å²) < 4.78 is 6.97. The first-order valence-electron chi connectivity index (χ1n) is 6.02. The largest absolute Gasteiger partial charge is 0.402 e. The molecule has 5 heteroatoms. The van der Waals surface area contributed by atoms with Gasteiger partial charge in [0.05, 0.1) is 11.9 Å². The standard InChI is InChI=1S/C14H13N3O2/c1-9-6-12(18)19-14-13(9)10(2)17(16-14)8-11-4-3-5-15-7-11/h3-7H,8H2,1-2H3. The van der Waals surface area contributed by atoms with Gasteiger partial charge in [0.15, 0.2) is 0 Å². The van der Waals surface area contributed by atoms with Crippen LogP contribution >= 0.6 is 0 Å². The summed E-state index contributed by atoms with van der Waals surface area (Å²) in [6, 6.07) is 5.37. The van der Waals surface area contributed by atoms with Crippen LogP contribution in [0.5, 0.6) is 0 Å². The Hall–Kier alpha value is -2.43. The lowest BCUT2D eigenvalue weighted by molar-refractivity contribution is 0.535. The highest BCUT2D eigenvalue weighted by molar-refractivity contribution is 5.79. The van der Waals surface area contributed by atoms with Crippen LogP contribution in [0.4, 0.5) is 0 Å². The van der Waals surface area contributed by atoms with Crippen molar-refractivity contribution in [3.63, 3.8) is 0 Å². The molecule has 3 rings (SSSR count). The highest BCUT2D eigenvalue weighted by atomic mass is 16.4. The number of pyridine rings is 1. The molecule has 0 aliphatic rings. The highest BCUT2D eigenvalue weighted by Gasteiger charge is 2.12. The Balaban J connectivity index is 2.13. The van der Waals surface area contributed by atoms with Crippen molar-refractivity contribution < 1.29 is 4.42 Å². The van der Waals surface area contributed by atoms with Crippen LogP contribution in [0.3, 0.4) is 0 Å². The summed E-state index contributed by atoms with van der Waals surface area (Å²) in [6.07, 6.45) is 3.54. The molecule has 3 aromatic heterocycles. The van der Waals surface area contributed by atoms with Crippen molar-refractivity contribution in [1.82, 2.24) is 14.8 Å². The molecule has 0 N–H and O–H groups in total. The first-order valence-corrected chi connectivity index (χ1v) is 6.02. The maximum absolute atomic E-state index is 11.4. The summed E-state index contributed by atoms with van der Waals surface area (Å²) in [6.45, 7) is 4.47. The van der Waals surface area contributed by atoms with E-state index in [1.54, 1.807) is 12.4 Å². The Labute approximate surface area is 109 Å². The van der Waals surface area contributed by atoms with E-state index in [0.717, 1.165) is 22.2 Å². The maximum Gasteiger partial charge on any atom is 0.337 e. The molecule has 96 valence electrons. The van der Waals surface area contributed by atoms with Crippen LogP contribution in [0.2, 0.25) is 0 Å². The highest BCUT2D eigenvalue weighted by Crippen LogP contribution is 2.20. The van der Waals surface area contributed by atoms with Crippen LogP contribution in [0.25, 0.3) is 11.1 Å². The number of hydrogen-bond donors (Lipinski definition) is 0. The van der Waals surface area contributed by atoms with Gasteiger partial charge in [-0.3, -0.25) is 9.67 Å². The molecule has 0 radical (unpaired) electrons. The molecule has 3 aromatic rings. The van der Waals surface area contributed by atoms with E-state index >= 15 is 0 Å². The number of rotatable bonds is 2. The zero-order valence-corrected chi connectivity index (χ0v) is 10.8. The maximum atomic E-state index is 11.4. The van der Waals surface area contributed by atoms with Crippen molar-refractivity contribution in [3.8, 4) is 0 Å². The second kappa shape index (κ2) is 4.35. The molecule has 0 aromatic carbocycles. The normalized spacial score (nSPS) is 11.1. The summed E-state index contributed by atoms with van der Waals surface area (Å²) in [5.74, 6) is 0. The third-order valence-corrected chi connectivity index (χ3v) is 3.16. The average molecular weight is 255 g/mol. The summed E-state index contributed by atoms with van der Waals surface area (Å²) in [7, 11) is 0. The Morgan fingerprint density at radius 2 is 2.21 bits per heavy atom. The van der Waals surface area contributed by atoms with Gasteiger partial charge in [-0.25, -0.2) is 4.79 Å². The van der Waals surface area contributed by atoms with Gasteiger partial charge in [-0.2, -0.15) is 0 Å². The van der Waals surface area contributed by atoms with Crippen LogP contribution in [0.1, 0.15) is 16.8 Å². The van der Waals surface area contributed by atoms with Gasteiger partial charge in [-0.1, -0.05) is 6.07 Å². The van der Waals surface area contributed by atoms with Gasteiger partial charge in [-0.05, 0) is 31.0 Å². The number of aryl methyl sites for hydroxylation is 2. The Morgan fingerprint density at radius 1 is 1.37 bits per heavy atom. The minimum absolute atomic E-state index is 0.365. The van der Waals surface area contributed by atoms with E-state index in [-0.39, 0.29) is 5.63 Å². The molecule has 0 amide bonds. The van der Waals surface area contributed by atoms with Crippen LogP contribution in [-0.4, -0.2) is 14.8 Å². The zero-order chi connectivity index (χ0) is 13.4. The van der Waals surface area contributed by atoms with Crippen LogP contribution < -0.4 is 5.63 Å². The fourth-order valence-corrected chi connectivity index (χ4v) is 2.24. The molecule has 0 saturated heterocycles. The SMILES string of the molecule is Cc1cc(=O)oc2nn(Cc3cccnc3)c(C)c12. The number of fused-ring (bicyclic) bond motifs is 1. The smallest absolute Gasteiger partial charge is 0.337 e. The Morgan fingerprint density at radius 3 is 2.95 bits per heavy atom. The van der Waals surface area contributed by atoms with Gasteiger partial charge in [0.1, 0.15) is 0 Å². The minimum Gasteiger partial charge on any atom is -0.402 e. The van der Waals surface area contributed by atoms with Crippen molar-refractivity contribution in [3.05, 3.63) is 57.8 Å². The molecule has 0 saturated carbocycles. The minimum atomic E-state index is -0.365. The van der Waals surface area contributed by atoms with E-state index in [4.69, 9.17) is 4.42 Å². The van der Waals surface area contributed by atoms with Crippen LogP contribution in [0.15, 0.2) is 39.8 Å². The topological polar surface area (TPSA) is 60.9 Å². The second-order valence-electron chi connectivity index (χ2n) is 4.53. The Kier molecular flexibility index (Phi) is 2.67. The summed E-state index contributed by atoms with van der Waals surface area (Å²) in [4.78, 5) is 15.4. The predicted octanol–water partition coefficient (Wildman–Crippen LogP) is 2.05. The zero-order valence-electron chi connectivity index (χ0n) is 10.8. The summed E-state index contributed by atoms with van der Waals surface area (Å²) in [5.41, 5.74) is 2.96. The van der Waals surface area contributed by atoms with Crippen molar-refractivity contribution in [2.75, 3.05) is 0 Å². The van der Waals surface area contributed by atoms with Gasteiger partial charge in [0, 0.05) is 24.2 Å². The van der Waals surface area contributed by atoms with E-state index in [1.165, 1.54) is 6.07 Å². The number of nitrogens with zero attached hydrogens (tertiary/aromatic N) is 3. The first kappa shape index (κ1) is 11.6. The quantitative estimate of drug-likeness (QED) is 0.703. The van der Waals surface area contributed by atoms with Crippen LogP contribution in [-0.2, 0) is 6.54 Å². The monoisotopic (exact) mass is 255 g/mol. The van der Waals surface area contributed by atoms with E-state index in [1.807, 2.05) is 30.7 Å². The third-order valence-electron chi connectivity index (χ3n) is 3.16. The molecule has 0 aliphatic carbocycles. The molecule has 3 heterocycles. The second-order valence-corrected chi connectivity index (χ2v) is 4.53. The van der Waals surface area contributed by atoms with Gasteiger partial charge < -0.3 is 4.42 Å². The molecule has 0 unspecified atom stereocenters. The van der Waals surface area contributed by atoms with Gasteiger partial charge in [-0.15, -0.1) is 5.10 Å². The molecule has 0 fully saturated rings. The fourth-order valence-electron chi connectivity index (χ4n) is 2.24. The van der Waals surface area contributed by atoms with E-state index in [2.05, 4.69) is 10.1 Å². The fraction of sp³-hybridized carbons (Fsp3) is 0.214. The lowest BCUT2D eigenvalue weighted by atomic mass is 10.2. The lowest BCUT2D eigenvalue weighted by Crippen LogP contribution is -2.03. The number of hydrogen-bond acceptors (Lipinski definition) is 4. The average Bonchev–Trinajstić information content (AvgIpc) is 2.67. The van der Waals surface area contributed by atoms with E-state index in [9.17, 15) is 4.79 Å². The summed E-state index contributed by atoms with van der Waals surface area (Å²) in [5, 5.41) is 5.26. The van der Waals surface area contributed by atoms with Crippen molar-refractivity contribution in [2.45, 2.75) is 20.4 Å². The van der Waals surface area contributed by atoms with Gasteiger partial charge in [0.25, 0.3) is 0 Å². The van der Waals surface area contributed by atoms with Crippen molar-refractivity contribution in [2.24, 2.45) is 0 Å². The first-order chi connectivity index (χ1) is 9.15. The predicted molar refractivity (Wildman–Crippen MR) is 71.1 cm³/mol. The van der Waals surface area contributed by atoms with Crippen LogP contribution in [0, 0.1) is 13.8 Å². The molecule has 0 atom stereocenters. The Bertz CT molecular complexity index is 788. The number of aromatic nitrogens is 3.